The fourth-order valence-electron chi connectivity index (χ4n) is 2.02. The lowest BCUT2D eigenvalue weighted by molar-refractivity contribution is -0.113. The summed E-state index contributed by atoms with van der Waals surface area (Å²) in [7, 11) is -3.43. The summed E-state index contributed by atoms with van der Waals surface area (Å²) in [5.74, 6) is -0.294. The molecule has 0 unspecified atom stereocenters. The van der Waals surface area contributed by atoms with Gasteiger partial charge >= 0.3 is 0 Å². The molecule has 0 saturated carbocycles. The van der Waals surface area contributed by atoms with Crippen LogP contribution in [-0.4, -0.2) is 32.6 Å². The van der Waals surface area contributed by atoms with Crippen molar-refractivity contribution in [1.82, 2.24) is 0 Å². The van der Waals surface area contributed by atoms with Gasteiger partial charge in [0.25, 0.3) is 0 Å². The number of nitrogen functional groups attached to an aromatic ring is 1. The molecule has 0 atom stereocenters. The molecule has 1 aliphatic heterocycles. The molecule has 0 fully saturated rings. The Balaban J connectivity index is 2.07. The minimum Gasteiger partial charge on any atom is -0.454 e. The van der Waals surface area contributed by atoms with E-state index in [0.717, 1.165) is 0 Å². The van der Waals surface area contributed by atoms with Crippen LogP contribution in [0.4, 0.5) is 11.4 Å². The van der Waals surface area contributed by atoms with Crippen LogP contribution in [0.5, 0.6) is 11.5 Å². The van der Waals surface area contributed by atoms with Crippen molar-refractivity contribution in [3.05, 3.63) is 12.1 Å². The van der Waals surface area contributed by atoms with Crippen molar-refractivity contribution in [2.24, 2.45) is 5.92 Å². The first-order valence-corrected chi connectivity index (χ1v) is 8.28. The molecule has 3 N–H and O–H groups in total. The maximum atomic E-state index is 11.8. The van der Waals surface area contributed by atoms with Gasteiger partial charge in [-0.15, -0.1) is 0 Å². The van der Waals surface area contributed by atoms with E-state index in [2.05, 4.69) is 5.32 Å². The normalized spacial score (nSPS) is 13.5. The number of benzene rings is 1. The highest BCUT2D eigenvalue weighted by Crippen LogP contribution is 2.38. The largest absolute Gasteiger partial charge is 0.454 e. The number of carbonyl (C=O) groups excluding carboxylic acids is 1. The predicted octanol–water partition coefficient (Wildman–Crippen LogP) is 1.01. The van der Waals surface area contributed by atoms with Gasteiger partial charge in [0.15, 0.2) is 21.3 Å². The van der Waals surface area contributed by atoms with Crippen LogP contribution in [0.2, 0.25) is 0 Å². The second-order valence-electron chi connectivity index (χ2n) is 5.29. The van der Waals surface area contributed by atoms with Gasteiger partial charge in [0.2, 0.25) is 12.7 Å². The summed E-state index contributed by atoms with van der Waals surface area (Å²) in [6, 6.07) is 3.05. The van der Waals surface area contributed by atoms with E-state index in [1.54, 1.807) is 13.8 Å². The molecule has 0 aliphatic carbocycles. The smallest absolute Gasteiger partial charge is 0.239 e. The summed E-state index contributed by atoms with van der Waals surface area (Å²) in [4.78, 5) is 11.8. The first-order chi connectivity index (χ1) is 9.77. The molecule has 0 spiro atoms. The Morgan fingerprint density at radius 1 is 1.33 bits per heavy atom. The van der Waals surface area contributed by atoms with E-state index < -0.39 is 21.5 Å². The van der Waals surface area contributed by atoms with E-state index in [1.807, 2.05) is 0 Å². The van der Waals surface area contributed by atoms with Crippen LogP contribution in [0.3, 0.4) is 0 Å². The molecule has 1 aromatic carbocycles. The molecule has 8 heteroatoms. The highest BCUT2D eigenvalue weighted by molar-refractivity contribution is 7.92. The molecule has 0 saturated heterocycles. The number of rotatable bonds is 5. The van der Waals surface area contributed by atoms with Crippen molar-refractivity contribution < 1.29 is 22.7 Å². The number of hydrogen-bond donors (Lipinski definition) is 2. The lowest BCUT2D eigenvalue weighted by Crippen LogP contribution is -2.26. The van der Waals surface area contributed by atoms with Crippen LogP contribution in [0, 0.1) is 5.92 Å². The number of ether oxygens (including phenoxy) is 2. The number of nitrogens with one attached hydrogen (secondary N) is 1. The monoisotopic (exact) mass is 314 g/mol. The molecular weight excluding hydrogens is 296 g/mol. The predicted molar refractivity (Wildman–Crippen MR) is 79.1 cm³/mol. The summed E-state index contributed by atoms with van der Waals surface area (Å²) in [6.45, 7) is 3.66. The van der Waals surface area contributed by atoms with E-state index >= 15 is 0 Å². The first-order valence-electron chi connectivity index (χ1n) is 6.46. The van der Waals surface area contributed by atoms with Crippen molar-refractivity contribution in [1.29, 1.82) is 0 Å². The van der Waals surface area contributed by atoms with Gasteiger partial charge in [0.1, 0.15) is 5.75 Å². The third kappa shape index (κ3) is 4.01. The summed E-state index contributed by atoms with van der Waals surface area (Å²) < 4.78 is 33.9. The number of nitrogens with two attached hydrogens (primary N) is 1. The Kier molecular flexibility index (Phi) is 4.26. The molecule has 1 heterocycles. The van der Waals surface area contributed by atoms with Crippen molar-refractivity contribution in [2.75, 3.05) is 29.3 Å². The third-order valence-corrected chi connectivity index (χ3v) is 4.63. The van der Waals surface area contributed by atoms with Gasteiger partial charge in [-0.1, -0.05) is 13.8 Å². The molecular formula is C13H18N2O5S. The lowest BCUT2D eigenvalue weighted by atomic mass is 10.2. The first kappa shape index (κ1) is 15.4. The van der Waals surface area contributed by atoms with E-state index in [4.69, 9.17) is 15.2 Å². The van der Waals surface area contributed by atoms with Crippen LogP contribution in [0.15, 0.2) is 12.1 Å². The fourth-order valence-corrected chi connectivity index (χ4v) is 3.62. The molecule has 1 amide bonds. The molecule has 21 heavy (non-hydrogen) atoms. The molecule has 2 rings (SSSR count). The SMILES string of the molecule is CC(C)CS(=O)(=O)CC(=O)Nc1cc2c(cc1N)OCO2. The Morgan fingerprint density at radius 3 is 2.57 bits per heavy atom. The zero-order chi connectivity index (χ0) is 15.6. The summed E-state index contributed by atoms with van der Waals surface area (Å²) >= 11 is 0. The second kappa shape index (κ2) is 5.80. The van der Waals surface area contributed by atoms with Gasteiger partial charge in [-0.25, -0.2) is 8.42 Å². The average Bonchev–Trinajstić information content (AvgIpc) is 2.73. The minimum absolute atomic E-state index is 0.0292. The number of hydrogen-bond acceptors (Lipinski definition) is 6. The van der Waals surface area contributed by atoms with Crippen LogP contribution >= 0.6 is 0 Å². The molecule has 1 aliphatic rings. The zero-order valence-electron chi connectivity index (χ0n) is 11.9. The second-order valence-corrected chi connectivity index (χ2v) is 7.40. The van der Waals surface area contributed by atoms with E-state index in [1.165, 1.54) is 12.1 Å². The van der Waals surface area contributed by atoms with Gasteiger partial charge in [-0.05, 0) is 5.92 Å². The van der Waals surface area contributed by atoms with Crippen LogP contribution < -0.4 is 20.5 Å². The zero-order valence-corrected chi connectivity index (χ0v) is 12.7. The highest BCUT2D eigenvalue weighted by Gasteiger charge is 2.21. The topological polar surface area (TPSA) is 108 Å². The number of anilines is 2. The number of fused-ring (bicyclic) bond motifs is 1. The maximum absolute atomic E-state index is 11.8. The molecule has 0 radical (unpaired) electrons. The fraction of sp³-hybridized carbons (Fsp3) is 0.462. The molecule has 1 aromatic rings. The Hall–Kier alpha value is -1.96. The molecule has 7 nitrogen and oxygen atoms in total. The van der Waals surface area contributed by atoms with E-state index in [0.29, 0.717) is 17.2 Å². The van der Waals surface area contributed by atoms with Crippen molar-refractivity contribution >= 4 is 27.1 Å². The molecule has 116 valence electrons. The molecule has 0 bridgehead atoms. The molecule has 0 aromatic heterocycles. The van der Waals surface area contributed by atoms with Crippen molar-refractivity contribution in [3.63, 3.8) is 0 Å². The highest BCUT2D eigenvalue weighted by atomic mass is 32.2. The van der Waals surface area contributed by atoms with Crippen LogP contribution in [0.1, 0.15) is 13.8 Å². The minimum atomic E-state index is -3.43. The quantitative estimate of drug-likeness (QED) is 0.785. The lowest BCUT2D eigenvalue weighted by Gasteiger charge is -2.10. The summed E-state index contributed by atoms with van der Waals surface area (Å²) in [5.41, 5.74) is 6.38. The summed E-state index contributed by atoms with van der Waals surface area (Å²) in [5, 5.41) is 2.49. The van der Waals surface area contributed by atoms with Gasteiger partial charge in [-0.3, -0.25) is 4.79 Å². The van der Waals surface area contributed by atoms with E-state index in [9.17, 15) is 13.2 Å². The third-order valence-electron chi connectivity index (χ3n) is 2.76. The number of sulfone groups is 1. The van der Waals surface area contributed by atoms with Gasteiger partial charge in [-0.2, -0.15) is 0 Å². The van der Waals surface area contributed by atoms with Crippen LogP contribution in [0.25, 0.3) is 0 Å². The van der Waals surface area contributed by atoms with Gasteiger partial charge in [0, 0.05) is 12.1 Å². The summed E-state index contributed by atoms with van der Waals surface area (Å²) in [6.07, 6.45) is 0. The Bertz CT molecular complexity index is 655. The number of amides is 1. The van der Waals surface area contributed by atoms with E-state index in [-0.39, 0.29) is 24.2 Å². The van der Waals surface area contributed by atoms with Crippen molar-refractivity contribution in [3.8, 4) is 11.5 Å². The Labute approximate surface area is 123 Å². The van der Waals surface area contributed by atoms with Crippen molar-refractivity contribution in [2.45, 2.75) is 13.8 Å². The van der Waals surface area contributed by atoms with Crippen LogP contribution in [-0.2, 0) is 14.6 Å². The maximum Gasteiger partial charge on any atom is 0.239 e. The van der Waals surface area contributed by atoms with Gasteiger partial charge in [0.05, 0.1) is 17.1 Å². The standard InChI is InChI=1S/C13H18N2O5S/c1-8(2)5-21(17,18)6-13(16)15-10-4-12-11(3-9(10)14)19-7-20-12/h3-4,8H,5-7,14H2,1-2H3,(H,15,16). The number of carbonyl (C=O) groups is 1. The average molecular weight is 314 g/mol. The van der Waals surface area contributed by atoms with Gasteiger partial charge < -0.3 is 20.5 Å². The Morgan fingerprint density at radius 2 is 1.95 bits per heavy atom.